The van der Waals surface area contributed by atoms with Crippen LogP contribution in [0.3, 0.4) is 0 Å². The standard InChI is InChI=1S/C19H23N3O3/c1-19(2)15(12-8-10-25-16(12)19)22(3)18(24)17(23)21-14-6-4-5-13-11(14)7-9-20-13/h4-7,9,12,15-16,20H,8,10H2,1-3H3,(H,21,23). The first-order chi connectivity index (χ1) is 11.9. The molecule has 2 N–H and O–H groups in total. The summed E-state index contributed by atoms with van der Waals surface area (Å²) in [7, 11) is 1.72. The number of benzene rings is 1. The zero-order valence-electron chi connectivity index (χ0n) is 14.7. The molecule has 132 valence electrons. The highest BCUT2D eigenvalue weighted by atomic mass is 16.5. The van der Waals surface area contributed by atoms with Crippen LogP contribution in [0, 0.1) is 11.3 Å². The van der Waals surface area contributed by atoms with Crippen molar-refractivity contribution in [2.24, 2.45) is 11.3 Å². The number of ether oxygens (including phenoxy) is 1. The Morgan fingerprint density at radius 1 is 1.32 bits per heavy atom. The number of nitrogens with zero attached hydrogens (tertiary/aromatic N) is 1. The summed E-state index contributed by atoms with van der Waals surface area (Å²) in [4.78, 5) is 29.9. The number of rotatable bonds is 2. The van der Waals surface area contributed by atoms with Crippen molar-refractivity contribution >= 4 is 28.4 Å². The molecule has 2 heterocycles. The third-order valence-electron chi connectivity index (χ3n) is 5.81. The van der Waals surface area contributed by atoms with Crippen LogP contribution in [0.4, 0.5) is 5.69 Å². The highest BCUT2D eigenvalue weighted by Gasteiger charge is 2.61. The molecule has 1 aliphatic heterocycles. The van der Waals surface area contributed by atoms with Gasteiger partial charge in [0.25, 0.3) is 0 Å². The van der Waals surface area contributed by atoms with Gasteiger partial charge in [0.15, 0.2) is 0 Å². The van der Waals surface area contributed by atoms with Crippen LogP contribution in [0.5, 0.6) is 0 Å². The summed E-state index contributed by atoms with van der Waals surface area (Å²) >= 11 is 0. The first-order valence-electron chi connectivity index (χ1n) is 8.67. The molecule has 3 atom stereocenters. The van der Waals surface area contributed by atoms with Gasteiger partial charge in [-0.3, -0.25) is 9.59 Å². The van der Waals surface area contributed by atoms with Crippen molar-refractivity contribution in [1.29, 1.82) is 0 Å². The van der Waals surface area contributed by atoms with Crippen molar-refractivity contribution in [3.63, 3.8) is 0 Å². The van der Waals surface area contributed by atoms with E-state index >= 15 is 0 Å². The molecule has 1 aromatic carbocycles. The van der Waals surface area contributed by atoms with Crippen molar-refractivity contribution in [3.8, 4) is 0 Å². The molecule has 6 heteroatoms. The lowest BCUT2D eigenvalue weighted by molar-refractivity contribution is -0.169. The number of hydrogen-bond donors (Lipinski definition) is 2. The molecule has 1 aromatic heterocycles. The van der Waals surface area contributed by atoms with Crippen molar-refractivity contribution < 1.29 is 14.3 Å². The Morgan fingerprint density at radius 3 is 2.92 bits per heavy atom. The third kappa shape index (κ3) is 2.35. The van der Waals surface area contributed by atoms with Crippen molar-refractivity contribution in [2.75, 3.05) is 19.0 Å². The number of hydrogen-bond acceptors (Lipinski definition) is 3. The van der Waals surface area contributed by atoms with Crippen molar-refractivity contribution in [3.05, 3.63) is 30.5 Å². The van der Waals surface area contributed by atoms with E-state index < -0.39 is 11.8 Å². The summed E-state index contributed by atoms with van der Waals surface area (Å²) in [5.41, 5.74) is 1.43. The van der Waals surface area contributed by atoms with Crippen LogP contribution in [-0.4, -0.2) is 47.5 Å². The van der Waals surface area contributed by atoms with Gasteiger partial charge < -0.3 is 19.9 Å². The van der Waals surface area contributed by atoms with Gasteiger partial charge in [-0.25, -0.2) is 0 Å². The predicted octanol–water partition coefficient (Wildman–Crippen LogP) is 2.38. The highest BCUT2D eigenvalue weighted by Crippen LogP contribution is 2.54. The highest BCUT2D eigenvalue weighted by molar-refractivity contribution is 6.40. The molecule has 2 aliphatic rings. The molecule has 1 saturated heterocycles. The molecule has 25 heavy (non-hydrogen) atoms. The molecule has 1 saturated carbocycles. The molecule has 6 nitrogen and oxygen atoms in total. The second-order valence-electron chi connectivity index (χ2n) is 7.62. The van der Waals surface area contributed by atoms with Gasteiger partial charge in [-0.15, -0.1) is 0 Å². The van der Waals surface area contributed by atoms with Crippen molar-refractivity contribution in [2.45, 2.75) is 32.4 Å². The van der Waals surface area contributed by atoms with Crippen LogP contribution in [0.25, 0.3) is 10.9 Å². The largest absolute Gasteiger partial charge is 0.377 e. The molecule has 2 aromatic rings. The fourth-order valence-electron chi connectivity index (χ4n) is 4.74. The fourth-order valence-corrected chi connectivity index (χ4v) is 4.74. The fraction of sp³-hybridized carbons (Fsp3) is 0.474. The maximum absolute atomic E-state index is 12.7. The molecule has 0 spiro atoms. The Hall–Kier alpha value is -2.34. The van der Waals surface area contributed by atoms with Crippen molar-refractivity contribution in [1.82, 2.24) is 9.88 Å². The Bertz CT molecular complexity index is 841. The number of anilines is 1. The van der Waals surface area contributed by atoms with Gasteiger partial charge in [-0.1, -0.05) is 19.9 Å². The predicted molar refractivity (Wildman–Crippen MR) is 95.1 cm³/mol. The van der Waals surface area contributed by atoms with Crippen LogP contribution in [0.15, 0.2) is 30.5 Å². The Kier molecular flexibility index (Phi) is 3.61. The van der Waals surface area contributed by atoms with E-state index in [1.165, 1.54) is 0 Å². The van der Waals surface area contributed by atoms with E-state index in [2.05, 4.69) is 24.1 Å². The van der Waals surface area contributed by atoms with Crippen LogP contribution >= 0.6 is 0 Å². The topological polar surface area (TPSA) is 74.4 Å². The van der Waals surface area contributed by atoms with Crippen LogP contribution in [0.2, 0.25) is 0 Å². The first kappa shape index (κ1) is 16.1. The molecule has 0 bridgehead atoms. The summed E-state index contributed by atoms with van der Waals surface area (Å²) in [6, 6.07) is 7.49. The van der Waals surface area contributed by atoms with Gasteiger partial charge >= 0.3 is 11.8 Å². The first-order valence-corrected chi connectivity index (χ1v) is 8.67. The Labute approximate surface area is 146 Å². The number of H-pyrrole nitrogens is 1. The maximum Gasteiger partial charge on any atom is 0.313 e. The van der Waals surface area contributed by atoms with Gasteiger partial charge in [0, 0.05) is 48.1 Å². The number of aromatic nitrogens is 1. The number of carbonyl (C=O) groups excluding carboxylic acids is 2. The second-order valence-corrected chi connectivity index (χ2v) is 7.62. The van der Waals surface area contributed by atoms with Gasteiger partial charge in [0.1, 0.15) is 0 Å². The molecule has 0 radical (unpaired) electrons. The Morgan fingerprint density at radius 2 is 2.12 bits per heavy atom. The van der Waals surface area contributed by atoms with E-state index in [-0.39, 0.29) is 17.6 Å². The summed E-state index contributed by atoms with van der Waals surface area (Å²) in [6.45, 7) is 4.94. The lowest BCUT2D eigenvalue weighted by atomic mass is 9.57. The average molecular weight is 341 g/mol. The lowest BCUT2D eigenvalue weighted by Crippen LogP contribution is -2.67. The van der Waals surface area contributed by atoms with E-state index in [1.807, 2.05) is 24.4 Å². The van der Waals surface area contributed by atoms with Gasteiger partial charge in [-0.05, 0) is 24.6 Å². The molecule has 2 fully saturated rings. The smallest absolute Gasteiger partial charge is 0.313 e. The van der Waals surface area contributed by atoms with E-state index in [1.54, 1.807) is 18.0 Å². The third-order valence-corrected chi connectivity index (χ3v) is 5.81. The summed E-state index contributed by atoms with van der Waals surface area (Å²) in [5.74, 6) is -0.782. The number of carbonyl (C=O) groups is 2. The average Bonchev–Trinajstić information content (AvgIpc) is 3.22. The zero-order chi connectivity index (χ0) is 17.8. The number of nitrogens with one attached hydrogen (secondary N) is 2. The minimum absolute atomic E-state index is 0.0290. The quantitative estimate of drug-likeness (QED) is 0.824. The maximum atomic E-state index is 12.7. The van der Waals surface area contributed by atoms with E-state index in [0.717, 1.165) is 23.9 Å². The number of fused-ring (bicyclic) bond motifs is 2. The summed E-state index contributed by atoms with van der Waals surface area (Å²) in [5, 5.41) is 3.65. The molecular weight excluding hydrogens is 318 g/mol. The van der Waals surface area contributed by atoms with Gasteiger partial charge in [-0.2, -0.15) is 0 Å². The number of amides is 2. The minimum Gasteiger partial charge on any atom is -0.377 e. The normalized spacial score (nSPS) is 26.8. The second kappa shape index (κ2) is 5.59. The minimum atomic E-state index is -0.602. The number of likely N-dealkylation sites (N-methyl/N-ethyl adjacent to an activating group) is 1. The van der Waals surface area contributed by atoms with Gasteiger partial charge in [0.05, 0.1) is 11.8 Å². The molecule has 1 aliphatic carbocycles. The molecule has 3 unspecified atom stereocenters. The summed E-state index contributed by atoms with van der Waals surface area (Å²) in [6.07, 6.45) is 2.94. The Balaban J connectivity index is 1.51. The van der Waals surface area contributed by atoms with E-state index in [4.69, 9.17) is 4.74 Å². The van der Waals surface area contributed by atoms with Crippen LogP contribution in [0.1, 0.15) is 20.3 Å². The monoisotopic (exact) mass is 341 g/mol. The SMILES string of the molecule is CN(C(=O)C(=O)Nc1cccc2[nH]ccc12)C1C2CCOC2C1(C)C. The lowest BCUT2D eigenvalue weighted by Gasteiger charge is -2.57. The number of aromatic amines is 1. The summed E-state index contributed by atoms with van der Waals surface area (Å²) < 4.78 is 5.78. The van der Waals surface area contributed by atoms with Gasteiger partial charge in [0.2, 0.25) is 0 Å². The van der Waals surface area contributed by atoms with E-state index in [9.17, 15) is 9.59 Å². The zero-order valence-corrected chi connectivity index (χ0v) is 14.7. The molecular formula is C19H23N3O3. The van der Waals surface area contributed by atoms with Crippen LogP contribution < -0.4 is 5.32 Å². The molecule has 2 amide bonds. The van der Waals surface area contributed by atoms with Crippen LogP contribution in [-0.2, 0) is 14.3 Å². The molecule has 4 rings (SSSR count). The van der Waals surface area contributed by atoms with E-state index in [0.29, 0.717) is 11.6 Å².